The molecule has 0 aliphatic heterocycles. The van der Waals surface area contributed by atoms with Gasteiger partial charge in [-0.1, -0.05) is 18.6 Å². The minimum absolute atomic E-state index is 0. The Labute approximate surface area is 134 Å². The maximum absolute atomic E-state index is 2.38. The molecule has 0 bridgehead atoms. The van der Waals surface area contributed by atoms with Crippen LogP contribution in [0.25, 0.3) is 10.8 Å². The van der Waals surface area contributed by atoms with Crippen LogP contribution >= 0.6 is 0 Å². The molecule has 0 nitrogen and oxygen atoms in total. The summed E-state index contributed by atoms with van der Waals surface area (Å²) in [5.74, 6) is 0.866. The smallest absolute Gasteiger partial charge is 0 e. The molecule has 1 aliphatic carbocycles. The van der Waals surface area contributed by atoms with Crippen LogP contribution in [0.15, 0.2) is 30.3 Å². The molecule has 1 aliphatic rings. The summed E-state index contributed by atoms with van der Waals surface area (Å²) in [5.41, 5.74) is 3.07. The first-order valence-corrected chi connectivity index (χ1v) is 5.56. The fourth-order valence-electron chi connectivity index (χ4n) is 2.28. The van der Waals surface area contributed by atoms with Crippen LogP contribution in [-0.2, 0) is 32.3 Å². The van der Waals surface area contributed by atoms with E-state index in [-0.39, 0.29) is 50.7 Å². The van der Waals surface area contributed by atoms with Crippen molar-refractivity contribution in [1.82, 2.24) is 0 Å². The Balaban J connectivity index is 0.000000853. The molecule has 0 spiro atoms. The van der Waals surface area contributed by atoms with Gasteiger partial charge in [0.25, 0.3) is 0 Å². The Morgan fingerprint density at radius 3 is 2.53 bits per heavy atom. The summed E-state index contributed by atoms with van der Waals surface area (Å²) in [4.78, 5) is 0. The van der Waals surface area contributed by atoms with E-state index in [9.17, 15) is 0 Å². The minimum Gasteiger partial charge on any atom is -1.00 e. The maximum Gasteiger partial charge on any atom is 0 e. The van der Waals surface area contributed by atoms with Gasteiger partial charge in [-0.2, -0.15) is 6.07 Å². The van der Waals surface area contributed by atoms with Crippen molar-refractivity contribution < 1.29 is 50.7 Å². The van der Waals surface area contributed by atoms with Crippen LogP contribution in [0.3, 0.4) is 0 Å². The molecule has 0 unspecified atom stereocenters. The van der Waals surface area contributed by atoms with Crippen LogP contribution in [0.2, 0.25) is 0 Å². The van der Waals surface area contributed by atoms with Gasteiger partial charge in [0.05, 0.1) is 0 Å². The van der Waals surface area contributed by atoms with Gasteiger partial charge in [-0.15, -0.1) is 34.5 Å². The van der Waals surface area contributed by atoms with E-state index < -0.39 is 0 Å². The molecular weight excluding hydrogens is 418 g/mol. The second-order valence-electron chi connectivity index (χ2n) is 4.34. The molecule has 0 N–H and O–H groups in total. The molecule has 0 aromatic heterocycles. The molecule has 3 heteroatoms. The van der Waals surface area contributed by atoms with Gasteiger partial charge < -0.3 is 24.8 Å². The van der Waals surface area contributed by atoms with Crippen molar-refractivity contribution >= 4 is 10.8 Å². The third-order valence-corrected chi connectivity index (χ3v) is 3.27. The molecule has 17 heavy (non-hydrogen) atoms. The minimum atomic E-state index is 0. The SMILES string of the molecule is CCc1cc2c(C3CC3)cccc2[cH-]1.[Cl-].[Cl-].[Hf]. The van der Waals surface area contributed by atoms with Crippen molar-refractivity contribution in [3.8, 4) is 0 Å². The van der Waals surface area contributed by atoms with Crippen molar-refractivity contribution in [1.29, 1.82) is 0 Å². The van der Waals surface area contributed by atoms with Crippen LogP contribution in [0.5, 0.6) is 0 Å². The molecule has 1 fully saturated rings. The summed E-state index contributed by atoms with van der Waals surface area (Å²) in [5, 5.41) is 2.94. The Kier molecular flexibility index (Phi) is 7.13. The van der Waals surface area contributed by atoms with E-state index in [1.54, 1.807) is 5.56 Å². The van der Waals surface area contributed by atoms with E-state index in [1.807, 2.05) is 0 Å². The Hall–Kier alpha value is 0.280. The molecule has 0 atom stereocenters. The van der Waals surface area contributed by atoms with E-state index in [0.29, 0.717) is 0 Å². The quantitative estimate of drug-likeness (QED) is 0.381. The summed E-state index contributed by atoms with van der Waals surface area (Å²) in [7, 11) is 0. The normalized spacial score (nSPS) is 13.5. The first-order chi connectivity index (χ1) is 6.88. The molecule has 2 aromatic carbocycles. The first kappa shape index (κ1) is 17.3. The van der Waals surface area contributed by atoms with Gasteiger partial charge in [-0.05, 0) is 25.2 Å². The Morgan fingerprint density at radius 2 is 1.94 bits per heavy atom. The standard InChI is InChI=1S/C14H15.2ClH.Hf/c1-2-10-8-12-4-3-5-13(11-6-7-11)14(12)9-10;;;/h3-5,8-9,11H,2,6-7H2,1H3;2*1H;/q-1;;;/p-2. The summed E-state index contributed by atoms with van der Waals surface area (Å²) >= 11 is 0. The van der Waals surface area contributed by atoms with Crippen molar-refractivity contribution in [2.75, 3.05) is 0 Å². The number of hydrogen-bond acceptors (Lipinski definition) is 0. The topological polar surface area (TPSA) is 0 Å². The molecule has 0 amide bonds. The average molecular weight is 433 g/mol. The van der Waals surface area contributed by atoms with Gasteiger partial charge in [0.2, 0.25) is 0 Å². The summed E-state index contributed by atoms with van der Waals surface area (Å²) < 4.78 is 0. The van der Waals surface area contributed by atoms with Crippen LogP contribution in [0.1, 0.15) is 36.8 Å². The number of hydrogen-bond donors (Lipinski definition) is 0. The van der Waals surface area contributed by atoms with Gasteiger partial charge in [-0.25, -0.2) is 0 Å². The third kappa shape index (κ3) is 3.39. The third-order valence-electron chi connectivity index (χ3n) is 3.27. The van der Waals surface area contributed by atoms with E-state index in [4.69, 9.17) is 0 Å². The molecule has 92 valence electrons. The molecule has 0 radical (unpaired) electrons. The zero-order valence-electron chi connectivity index (χ0n) is 9.84. The van der Waals surface area contributed by atoms with E-state index in [2.05, 4.69) is 37.3 Å². The van der Waals surface area contributed by atoms with Gasteiger partial charge >= 0.3 is 0 Å². The zero-order valence-corrected chi connectivity index (χ0v) is 14.9. The molecule has 2 aromatic rings. The molecule has 0 heterocycles. The number of halogens is 2. The van der Waals surface area contributed by atoms with Crippen molar-refractivity contribution in [3.05, 3.63) is 41.5 Å². The maximum atomic E-state index is 2.38. The van der Waals surface area contributed by atoms with E-state index in [1.165, 1.54) is 29.2 Å². The monoisotopic (exact) mass is 433 g/mol. The predicted octanol–water partition coefficient (Wildman–Crippen LogP) is -2.00. The van der Waals surface area contributed by atoms with Crippen molar-refractivity contribution in [3.63, 3.8) is 0 Å². The molecule has 1 saturated carbocycles. The Bertz CT molecular complexity index is 472. The molecular formula is C14H15Cl2Hf-3. The fraction of sp³-hybridized carbons (Fsp3) is 0.357. The Morgan fingerprint density at radius 1 is 1.24 bits per heavy atom. The summed E-state index contributed by atoms with van der Waals surface area (Å²) in [6.45, 7) is 2.23. The second kappa shape index (κ2) is 7.01. The van der Waals surface area contributed by atoms with Gasteiger partial charge in [-0.3, -0.25) is 0 Å². The van der Waals surface area contributed by atoms with Gasteiger partial charge in [0, 0.05) is 25.8 Å². The number of rotatable bonds is 2. The number of benzene rings is 1. The summed E-state index contributed by atoms with van der Waals surface area (Å²) in [6, 6.07) is 11.5. The molecule has 0 saturated heterocycles. The molecule has 3 rings (SSSR count). The van der Waals surface area contributed by atoms with Crippen molar-refractivity contribution in [2.24, 2.45) is 0 Å². The van der Waals surface area contributed by atoms with Crippen molar-refractivity contribution in [2.45, 2.75) is 32.1 Å². The number of aryl methyl sites for hydroxylation is 1. The average Bonchev–Trinajstić information content (AvgIpc) is 2.96. The second-order valence-corrected chi connectivity index (χ2v) is 4.34. The first-order valence-electron chi connectivity index (χ1n) is 5.56. The van der Waals surface area contributed by atoms with E-state index in [0.717, 1.165) is 12.3 Å². The van der Waals surface area contributed by atoms with E-state index >= 15 is 0 Å². The zero-order chi connectivity index (χ0) is 9.54. The van der Waals surface area contributed by atoms with Crippen LogP contribution in [-0.4, -0.2) is 0 Å². The van der Waals surface area contributed by atoms with Crippen LogP contribution in [0.4, 0.5) is 0 Å². The predicted molar refractivity (Wildman–Crippen MR) is 60.9 cm³/mol. The van der Waals surface area contributed by atoms with Gasteiger partial charge in [0.15, 0.2) is 0 Å². The van der Waals surface area contributed by atoms with Crippen LogP contribution < -0.4 is 24.8 Å². The fourth-order valence-corrected chi connectivity index (χ4v) is 2.28. The van der Waals surface area contributed by atoms with Crippen LogP contribution in [0, 0.1) is 0 Å². The largest absolute Gasteiger partial charge is 1.00 e. The van der Waals surface area contributed by atoms with Gasteiger partial charge in [0.1, 0.15) is 0 Å². The summed E-state index contributed by atoms with van der Waals surface area (Å²) in [6.07, 6.45) is 3.94. The number of fused-ring (bicyclic) bond motifs is 1.